The molecule has 0 atom stereocenters. The molecule has 2 rings (SSSR count). The molecule has 0 N–H and O–H groups in total. The molecule has 0 aliphatic rings. The highest BCUT2D eigenvalue weighted by Gasteiger charge is 2.10. The fraction of sp³-hybridized carbons (Fsp3) is 0.0667. The fourth-order valence-corrected chi connectivity index (χ4v) is 1.86. The standard InChI is InChI=1S/C15H14O/c1-12(16)15(13-8-4-2-5-9-13)14-10-6-3-7-11-14/h2-11,15-16H,1H2/p-1. The molecule has 0 amide bonds. The quantitative estimate of drug-likeness (QED) is 0.713. The number of hydrogen-bond donors (Lipinski definition) is 0. The zero-order valence-electron chi connectivity index (χ0n) is 8.97. The summed E-state index contributed by atoms with van der Waals surface area (Å²) in [6.07, 6.45) is 0. The molecule has 2 aromatic rings. The van der Waals surface area contributed by atoms with Gasteiger partial charge in [0.15, 0.2) is 0 Å². The summed E-state index contributed by atoms with van der Waals surface area (Å²) in [6.45, 7) is 3.55. The predicted octanol–water partition coefficient (Wildman–Crippen LogP) is 2.69. The summed E-state index contributed by atoms with van der Waals surface area (Å²) in [5.41, 5.74) is 1.99. The molecule has 16 heavy (non-hydrogen) atoms. The molecular weight excluding hydrogens is 196 g/mol. The van der Waals surface area contributed by atoms with Gasteiger partial charge >= 0.3 is 0 Å². The topological polar surface area (TPSA) is 23.1 Å². The maximum atomic E-state index is 11.6. The Bertz CT molecular complexity index is 420. The third-order valence-electron chi connectivity index (χ3n) is 2.59. The molecule has 0 unspecified atom stereocenters. The summed E-state index contributed by atoms with van der Waals surface area (Å²) < 4.78 is 0. The highest BCUT2D eigenvalue weighted by Crippen LogP contribution is 2.27. The van der Waals surface area contributed by atoms with Gasteiger partial charge in [-0.1, -0.05) is 60.7 Å². The first-order chi connectivity index (χ1) is 7.79. The molecule has 0 fully saturated rings. The van der Waals surface area contributed by atoms with Crippen molar-refractivity contribution in [3.05, 3.63) is 84.1 Å². The van der Waals surface area contributed by atoms with Gasteiger partial charge in [-0.05, 0) is 11.1 Å². The van der Waals surface area contributed by atoms with Crippen LogP contribution in [-0.4, -0.2) is 0 Å². The van der Waals surface area contributed by atoms with Crippen molar-refractivity contribution in [1.82, 2.24) is 0 Å². The number of rotatable bonds is 3. The van der Waals surface area contributed by atoms with E-state index < -0.39 is 0 Å². The Labute approximate surface area is 95.7 Å². The Morgan fingerprint density at radius 1 is 0.812 bits per heavy atom. The van der Waals surface area contributed by atoms with Crippen LogP contribution in [0.1, 0.15) is 17.0 Å². The zero-order valence-corrected chi connectivity index (χ0v) is 8.97. The molecule has 0 saturated carbocycles. The average molecular weight is 209 g/mol. The zero-order chi connectivity index (χ0) is 11.4. The lowest BCUT2D eigenvalue weighted by molar-refractivity contribution is -0.307. The van der Waals surface area contributed by atoms with Crippen molar-refractivity contribution in [3.8, 4) is 0 Å². The van der Waals surface area contributed by atoms with Crippen LogP contribution in [0.25, 0.3) is 0 Å². The summed E-state index contributed by atoms with van der Waals surface area (Å²) in [6, 6.07) is 19.5. The maximum Gasteiger partial charge on any atom is 0.0193 e. The van der Waals surface area contributed by atoms with Crippen molar-refractivity contribution in [2.75, 3.05) is 0 Å². The molecule has 80 valence electrons. The van der Waals surface area contributed by atoms with Gasteiger partial charge in [0.05, 0.1) is 0 Å². The van der Waals surface area contributed by atoms with E-state index in [2.05, 4.69) is 6.58 Å². The summed E-state index contributed by atoms with van der Waals surface area (Å²) >= 11 is 0. The smallest absolute Gasteiger partial charge is 0.0193 e. The minimum Gasteiger partial charge on any atom is -0.875 e. The van der Waals surface area contributed by atoms with E-state index in [1.54, 1.807) is 0 Å². The van der Waals surface area contributed by atoms with Crippen LogP contribution in [-0.2, 0) is 0 Å². The third kappa shape index (κ3) is 2.14. The van der Waals surface area contributed by atoms with Gasteiger partial charge in [0, 0.05) is 5.92 Å². The van der Waals surface area contributed by atoms with Crippen LogP contribution >= 0.6 is 0 Å². The lowest BCUT2D eigenvalue weighted by atomic mass is 9.90. The molecular formula is C15H13O-. The van der Waals surface area contributed by atoms with Gasteiger partial charge in [0.1, 0.15) is 0 Å². The summed E-state index contributed by atoms with van der Waals surface area (Å²) in [5.74, 6) is -0.320. The van der Waals surface area contributed by atoms with Gasteiger partial charge in [0.25, 0.3) is 0 Å². The second-order valence-corrected chi connectivity index (χ2v) is 3.72. The van der Waals surface area contributed by atoms with Crippen molar-refractivity contribution in [3.63, 3.8) is 0 Å². The second kappa shape index (κ2) is 4.67. The molecule has 2 aromatic carbocycles. The highest BCUT2D eigenvalue weighted by atomic mass is 16.3. The Hall–Kier alpha value is -2.02. The van der Waals surface area contributed by atoms with Crippen molar-refractivity contribution in [2.45, 2.75) is 5.92 Å². The molecule has 0 aliphatic carbocycles. The lowest BCUT2D eigenvalue weighted by Crippen LogP contribution is -2.13. The summed E-state index contributed by atoms with van der Waals surface area (Å²) in [7, 11) is 0. The van der Waals surface area contributed by atoms with Crippen LogP contribution in [0.5, 0.6) is 0 Å². The minimum atomic E-state index is -0.248. The van der Waals surface area contributed by atoms with Gasteiger partial charge in [-0.3, -0.25) is 0 Å². The average Bonchev–Trinajstić information content (AvgIpc) is 2.31. The van der Waals surface area contributed by atoms with Crippen LogP contribution < -0.4 is 5.11 Å². The Balaban J connectivity index is 2.44. The van der Waals surface area contributed by atoms with Crippen LogP contribution in [0.15, 0.2) is 73.0 Å². The SMILES string of the molecule is C=C([O-])C(c1ccccc1)c1ccccc1. The lowest BCUT2D eigenvalue weighted by Gasteiger charge is -2.24. The van der Waals surface area contributed by atoms with Gasteiger partial charge in [0.2, 0.25) is 0 Å². The van der Waals surface area contributed by atoms with E-state index in [0.29, 0.717) is 0 Å². The second-order valence-electron chi connectivity index (χ2n) is 3.72. The predicted molar refractivity (Wildman–Crippen MR) is 63.9 cm³/mol. The van der Waals surface area contributed by atoms with E-state index in [-0.39, 0.29) is 11.7 Å². The van der Waals surface area contributed by atoms with Crippen LogP contribution in [0.4, 0.5) is 0 Å². The van der Waals surface area contributed by atoms with Crippen molar-refractivity contribution < 1.29 is 5.11 Å². The maximum absolute atomic E-state index is 11.6. The van der Waals surface area contributed by atoms with Gasteiger partial charge < -0.3 is 5.11 Å². The van der Waals surface area contributed by atoms with Gasteiger partial charge in [-0.15, -0.1) is 12.3 Å². The van der Waals surface area contributed by atoms with E-state index in [1.165, 1.54) is 0 Å². The van der Waals surface area contributed by atoms with E-state index in [9.17, 15) is 5.11 Å². The molecule has 0 radical (unpaired) electrons. The largest absolute Gasteiger partial charge is 0.875 e. The molecule has 0 spiro atoms. The van der Waals surface area contributed by atoms with E-state index in [1.807, 2.05) is 60.7 Å². The van der Waals surface area contributed by atoms with Crippen LogP contribution in [0.2, 0.25) is 0 Å². The Morgan fingerprint density at radius 3 is 1.50 bits per heavy atom. The third-order valence-corrected chi connectivity index (χ3v) is 2.59. The van der Waals surface area contributed by atoms with Gasteiger partial charge in [-0.25, -0.2) is 0 Å². The van der Waals surface area contributed by atoms with E-state index >= 15 is 0 Å². The molecule has 1 heteroatoms. The fourth-order valence-electron chi connectivity index (χ4n) is 1.86. The Kier molecular flexibility index (Phi) is 3.06. The first-order valence-corrected chi connectivity index (χ1v) is 5.25. The van der Waals surface area contributed by atoms with Crippen LogP contribution in [0.3, 0.4) is 0 Å². The van der Waals surface area contributed by atoms with Crippen molar-refractivity contribution in [1.29, 1.82) is 0 Å². The summed E-state index contributed by atoms with van der Waals surface area (Å²) in [5, 5.41) is 11.6. The monoisotopic (exact) mass is 209 g/mol. The number of allylic oxidation sites excluding steroid dienone is 1. The Morgan fingerprint density at radius 2 is 1.19 bits per heavy atom. The van der Waals surface area contributed by atoms with Gasteiger partial charge in [-0.2, -0.15) is 0 Å². The number of benzene rings is 2. The normalized spacial score (nSPS) is 10.3. The molecule has 1 nitrogen and oxygen atoms in total. The van der Waals surface area contributed by atoms with E-state index in [4.69, 9.17) is 0 Å². The van der Waals surface area contributed by atoms with Crippen molar-refractivity contribution in [2.24, 2.45) is 0 Å². The molecule has 0 saturated heterocycles. The molecule has 0 aliphatic heterocycles. The molecule has 0 aromatic heterocycles. The molecule has 0 bridgehead atoms. The summed E-state index contributed by atoms with van der Waals surface area (Å²) in [4.78, 5) is 0. The highest BCUT2D eigenvalue weighted by molar-refractivity contribution is 5.37. The van der Waals surface area contributed by atoms with E-state index in [0.717, 1.165) is 11.1 Å². The number of hydrogen-bond acceptors (Lipinski definition) is 1. The first-order valence-electron chi connectivity index (χ1n) is 5.25. The molecule has 0 heterocycles. The van der Waals surface area contributed by atoms with Crippen LogP contribution in [0, 0.1) is 0 Å². The van der Waals surface area contributed by atoms with Crippen molar-refractivity contribution >= 4 is 0 Å². The minimum absolute atomic E-state index is 0.0719. The first kappa shape index (κ1) is 10.5.